The van der Waals surface area contributed by atoms with Gasteiger partial charge in [0.1, 0.15) is 5.54 Å². The summed E-state index contributed by atoms with van der Waals surface area (Å²) in [4.78, 5) is 18.8. The zero-order chi connectivity index (χ0) is 17.0. The van der Waals surface area contributed by atoms with Crippen molar-refractivity contribution in [3.05, 3.63) is 34.0 Å². The van der Waals surface area contributed by atoms with Crippen LogP contribution in [0.15, 0.2) is 18.5 Å². The van der Waals surface area contributed by atoms with Crippen LogP contribution in [-0.2, 0) is 23.2 Å². The smallest absolute Gasteiger partial charge is 0.248 e. The first-order valence-corrected chi connectivity index (χ1v) is 9.41. The molecule has 0 unspecified atom stereocenters. The van der Waals surface area contributed by atoms with E-state index < -0.39 is 5.54 Å². The topological polar surface area (TPSA) is 71.8 Å². The standard InChI is InChI=1S/C17H25N5OS.2ClH/c1-3-14-13(2)24-15(21-14)5-9-19-16(23)17(6-10-18-11-7-17)22-12-4-8-20-22;;/h4,8,12,18H,3,5-7,9-11H2,1-2H3,(H,19,23);2*1H. The molecule has 3 rings (SSSR count). The number of halogens is 2. The molecule has 2 aromatic heterocycles. The van der Waals surface area contributed by atoms with Crippen LogP contribution >= 0.6 is 36.2 Å². The molecule has 1 aliphatic rings. The average molecular weight is 420 g/mol. The van der Waals surface area contributed by atoms with E-state index in [9.17, 15) is 4.79 Å². The Morgan fingerprint density at radius 3 is 2.69 bits per heavy atom. The van der Waals surface area contributed by atoms with E-state index in [-0.39, 0.29) is 30.7 Å². The molecule has 0 spiro atoms. The zero-order valence-electron chi connectivity index (χ0n) is 15.2. The number of hydrogen-bond donors (Lipinski definition) is 2. The Morgan fingerprint density at radius 1 is 1.38 bits per heavy atom. The third-order valence-electron chi connectivity index (χ3n) is 4.69. The number of carbonyl (C=O) groups is 1. The molecule has 0 aliphatic carbocycles. The highest BCUT2D eigenvalue weighted by atomic mass is 35.5. The first-order valence-electron chi connectivity index (χ1n) is 8.60. The minimum absolute atomic E-state index is 0. The summed E-state index contributed by atoms with van der Waals surface area (Å²) in [7, 11) is 0. The number of nitrogens with one attached hydrogen (secondary N) is 2. The number of piperidine rings is 1. The van der Waals surface area contributed by atoms with Gasteiger partial charge in [-0.15, -0.1) is 36.2 Å². The summed E-state index contributed by atoms with van der Waals surface area (Å²) in [6.07, 6.45) is 6.90. The van der Waals surface area contributed by atoms with Gasteiger partial charge in [0.05, 0.1) is 10.7 Å². The summed E-state index contributed by atoms with van der Waals surface area (Å²) in [5, 5.41) is 11.9. The van der Waals surface area contributed by atoms with Crippen molar-refractivity contribution < 1.29 is 4.79 Å². The lowest BCUT2D eigenvalue weighted by molar-refractivity contribution is -0.131. The predicted octanol–water partition coefficient (Wildman–Crippen LogP) is 2.49. The molecule has 0 bridgehead atoms. The number of hydrogen-bond acceptors (Lipinski definition) is 5. The fourth-order valence-electron chi connectivity index (χ4n) is 3.29. The van der Waals surface area contributed by atoms with E-state index in [0.717, 1.165) is 43.8 Å². The minimum Gasteiger partial charge on any atom is -0.354 e. The van der Waals surface area contributed by atoms with Crippen LogP contribution in [0.5, 0.6) is 0 Å². The van der Waals surface area contributed by atoms with Gasteiger partial charge in [0, 0.05) is 30.2 Å². The second-order valence-corrected chi connectivity index (χ2v) is 7.49. The number of aryl methyl sites for hydroxylation is 2. The summed E-state index contributed by atoms with van der Waals surface area (Å²) in [6, 6.07) is 1.88. The summed E-state index contributed by atoms with van der Waals surface area (Å²) in [5.41, 5.74) is 0.606. The summed E-state index contributed by atoms with van der Waals surface area (Å²) < 4.78 is 1.83. The van der Waals surface area contributed by atoms with Crippen molar-refractivity contribution >= 4 is 42.1 Å². The molecule has 2 N–H and O–H groups in total. The lowest BCUT2D eigenvalue weighted by Gasteiger charge is -2.36. The Kier molecular flexibility index (Phi) is 9.03. The molecule has 0 saturated carbocycles. The molecule has 2 aromatic rings. The van der Waals surface area contributed by atoms with Crippen molar-refractivity contribution in [3.8, 4) is 0 Å². The Bertz CT molecular complexity index is 683. The number of thiazole rings is 1. The average Bonchev–Trinajstić information content (AvgIpc) is 3.25. The SMILES string of the molecule is CCc1nc(CCNC(=O)C2(n3cccn3)CCNCC2)sc1C.Cl.Cl. The normalized spacial score (nSPS) is 15.6. The highest BCUT2D eigenvalue weighted by Crippen LogP contribution is 2.27. The fourth-order valence-corrected chi connectivity index (χ4v) is 4.31. The first-order chi connectivity index (χ1) is 11.7. The van der Waals surface area contributed by atoms with E-state index in [1.807, 2.05) is 16.9 Å². The lowest BCUT2D eigenvalue weighted by atomic mass is 9.87. The first kappa shape index (κ1) is 22.9. The highest BCUT2D eigenvalue weighted by molar-refractivity contribution is 7.11. The number of nitrogens with zero attached hydrogens (tertiary/aromatic N) is 3. The number of carbonyl (C=O) groups excluding carboxylic acids is 1. The van der Waals surface area contributed by atoms with E-state index in [1.165, 1.54) is 10.6 Å². The van der Waals surface area contributed by atoms with Crippen molar-refractivity contribution in [2.75, 3.05) is 19.6 Å². The Balaban J connectivity index is 0.00000169. The summed E-state index contributed by atoms with van der Waals surface area (Å²) in [6.45, 7) is 6.52. The third-order valence-corrected chi connectivity index (χ3v) is 5.77. The monoisotopic (exact) mass is 419 g/mol. The molecule has 0 aromatic carbocycles. The van der Waals surface area contributed by atoms with Gasteiger partial charge in [-0.2, -0.15) is 5.10 Å². The van der Waals surface area contributed by atoms with Gasteiger partial charge in [-0.1, -0.05) is 6.92 Å². The van der Waals surface area contributed by atoms with Crippen molar-refractivity contribution in [1.29, 1.82) is 0 Å². The molecule has 1 aliphatic heterocycles. The van der Waals surface area contributed by atoms with Crippen LogP contribution < -0.4 is 10.6 Å². The number of rotatable bonds is 6. The van der Waals surface area contributed by atoms with Crippen LogP contribution in [-0.4, -0.2) is 40.3 Å². The summed E-state index contributed by atoms with van der Waals surface area (Å²) in [5.74, 6) is 0.0664. The molecule has 1 saturated heterocycles. The second-order valence-electron chi connectivity index (χ2n) is 6.20. The highest BCUT2D eigenvalue weighted by Gasteiger charge is 2.41. The lowest BCUT2D eigenvalue weighted by Crippen LogP contribution is -2.54. The van der Waals surface area contributed by atoms with Crippen LogP contribution in [0, 0.1) is 6.92 Å². The van der Waals surface area contributed by atoms with Gasteiger partial charge < -0.3 is 10.6 Å². The molecule has 146 valence electrons. The molecule has 1 fully saturated rings. The molecule has 0 radical (unpaired) electrons. The second kappa shape index (κ2) is 10.3. The zero-order valence-corrected chi connectivity index (χ0v) is 17.6. The Morgan fingerprint density at radius 2 is 2.12 bits per heavy atom. The van der Waals surface area contributed by atoms with E-state index in [4.69, 9.17) is 0 Å². The molecule has 6 nitrogen and oxygen atoms in total. The molecular weight excluding hydrogens is 393 g/mol. The van der Waals surface area contributed by atoms with Gasteiger partial charge in [0.15, 0.2) is 0 Å². The number of amides is 1. The Hall–Kier alpha value is -1.15. The Labute approximate surface area is 171 Å². The third kappa shape index (κ3) is 4.76. The van der Waals surface area contributed by atoms with Gasteiger partial charge in [-0.05, 0) is 45.3 Å². The number of aromatic nitrogens is 3. The maximum Gasteiger partial charge on any atom is 0.248 e. The molecule has 3 heterocycles. The van der Waals surface area contributed by atoms with Crippen LogP contribution in [0.3, 0.4) is 0 Å². The fraction of sp³-hybridized carbons (Fsp3) is 0.588. The summed E-state index contributed by atoms with van der Waals surface area (Å²) >= 11 is 1.73. The molecule has 9 heteroatoms. The predicted molar refractivity (Wildman–Crippen MR) is 110 cm³/mol. The van der Waals surface area contributed by atoms with Crippen LogP contribution in [0.1, 0.15) is 35.3 Å². The quantitative estimate of drug-likeness (QED) is 0.753. The van der Waals surface area contributed by atoms with Gasteiger partial charge in [-0.25, -0.2) is 4.98 Å². The van der Waals surface area contributed by atoms with Crippen molar-refractivity contribution in [2.45, 2.75) is 45.1 Å². The van der Waals surface area contributed by atoms with Gasteiger partial charge in [0.25, 0.3) is 0 Å². The van der Waals surface area contributed by atoms with E-state index >= 15 is 0 Å². The maximum atomic E-state index is 12.9. The van der Waals surface area contributed by atoms with Crippen LogP contribution in [0.25, 0.3) is 0 Å². The van der Waals surface area contributed by atoms with E-state index in [0.29, 0.717) is 6.54 Å². The molecule has 1 amide bonds. The van der Waals surface area contributed by atoms with Crippen molar-refractivity contribution in [1.82, 2.24) is 25.4 Å². The maximum absolute atomic E-state index is 12.9. The van der Waals surface area contributed by atoms with Crippen LogP contribution in [0.4, 0.5) is 0 Å². The van der Waals surface area contributed by atoms with Gasteiger partial charge >= 0.3 is 0 Å². The van der Waals surface area contributed by atoms with Crippen molar-refractivity contribution in [3.63, 3.8) is 0 Å². The largest absolute Gasteiger partial charge is 0.354 e. The molecular formula is C17H27Cl2N5OS. The van der Waals surface area contributed by atoms with Crippen molar-refractivity contribution in [2.24, 2.45) is 0 Å². The van der Waals surface area contributed by atoms with Crippen LogP contribution in [0.2, 0.25) is 0 Å². The van der Waals surface area contributed by atoms with E-state index in [1.54, 1.807) is 17.5 Å². The molecule has 26 heavy (non-hydrogen) atoms. The minimum atomic E-state index is -0.567. The van der Waals surface area contributed by atoms with Gasteiger partial charge in [0.2, 0.25) is 5.91 Å². The van der Waals surface area contributed by atoms with Gasteiger partial charge in [-0.3, -0.25) is 9.48 Å². The van der Waals surface area contributed by atoms with E-state index in [2.05, 4.69) is 34.6 Å². The molecule has 0 atom stereocenters.